The molecule has 0 unspecified atom stereocenters. The van der Waals surface area contributed by atoms with Crippen molar-refractivity contribution in [1.82, 2.24) is 0 Å². The summed E-state index contributed by atoms with van der Waals surface area (Å²) >= 11 is 6.34. The molecule has 2 rings (SSSR count). The fourth-order valence-electron chi connectivity index (χ4n) is 1.39. The van der Waals surface area contributed by atoms with Crippen molar-refractivity contribution in [2.75, 3.05) is 0 Å². The van der Waals surface area contributed by atoms with Gasteiger partial charge in [-0.25, -0.2) is 4.39 Å². The smallest absolute Gasteiger partial charge is 0.312 e. The number of nitro benzene ring substituents is 1. The molecule has 0 spiro atoms. The summed E-state index contributed by atoms with van der Waals surface area (Å²) in [7, 11) is 0. The Morgan fingerprint density at radius 1 is 1.11 bits per heavy atom. The van der Waals surface area contributed by atoms with E-state index in [2.05, 4.69) is 31.9 Å². The van der Waals surface area contributed by atoms with Crippen LogP contribution in [0, 0.1) is 15.9 Å². The predicted octanol–water partition coefficient (Wildman–Crippen LogP) is 5.05. The first-order valence-electron chi connectivity index (χ1n) is 5.04. The monoisotopic (exact) mass is 389 g/mol. The maximum absolute atomic E-state index is 13.1. The van der Waals surface area contributed by atoms with Gasteiger partial charge in [0.05, 0.1) is 9.40 Å². The Morgan fingerprint density at radius 3 is 2.53 bits per heavy atom. The quantitative estimate of drug-likeness (QED) is 0.544. The van der Waals surface area contributed by atoms with Crippen molar-refractivity contribution in [2.45, 2.75) is 0 Å². The molecule has 0 aliphatic heterocycles. The van der Waals surface area contributed by atoms with Crippen LogP contribution in [-0.4, -0.2) is 4.92 Å². The van der Waals surface area contributed by atoms with Gasteiger partial charge in [0.1, 0.15) is 11.6 Å². The molecule has 0 radical (unpaired) electrons. The number of nitro groups is 1. The van der Waals surface area contributed by atoms with Gasteiger partial charge in [0.15, 0.2) is 0 Å². The standard InChI is InChI=1S/C12H6Br2FNO3/c13-7-1-4-11(10(5-7)16(17)18)19-12-6-8(15)2-3-9(12)14/h1-6H. The molecule has 0 aliphatic rings. The van der Waals surface area contributed by atoms with Crippen LogP contribution in [0.25, 0.3) is 0 Å². The lowest BCUT2D eigenvalue weighted by molar-refractivity contribution is -0.385. The molecule has 0 saturated heterocycles. The Morgan fingerprint density at radius 2 is 1.84 bits per heavy atom. The molecule has 4 nitrogen and oxygen atoms in total. The highest BCUT2D eigenvalue weighted by molar-refractivity contribution is 9.10. The minimum absolute atomic E-state index is 0.0412. The van der Waals surface area contributed by atoms with Crippen LogP contribution in [0.1, 0.15) is 0 Å². The summed E-state index contributed by atoms with van der Waals surface area (Å²) in [6, 6.07) is 8.25. The van der Waals surface area contributed by atoms with E-state index < -0.39 is 10.7 Å². The van der Waals surface area contributed by atoms with Crippen molar-refractivity contribution < 1.29 is 14.1 Å². The second-order valence-corrected chi connectivity index (χ2v) is 5.32. The molecule has 98 valence electrons. The number of benzene rings is 2. The SMILES string of the molecule is O=[N+]([O-])c1cc(Br)ccc1Oc1cc(F)ccc1Br. The molecule has 0 bridgehead atoms. The van der Waals surface area contributed by atoms with E-state index in [0.717, 1.165) is 6.07 Å². The molecular formula is C12H6Br2FNO3. The molecule has 0 heterocycles. The van der Waals surface area contributed by atoms with Gasteiger partial charge in [-0.15, -0.1) is 0 Å². The van der Waals surface area contributed by atoms with Crippen molar-refractivity contribution in [3.8, 4) is 11.5 Å². The summed E-state index contributed by atoms with van der Waals surface area (Å²) < 4.78 is 19.6. The average molecular weight is 391 g/mol. The van der Waals surface area contributed by atoms with E-state index in [1.165, 1.54) is 24.3 Å². The minimum atomic E-state index is -0.562. The number of ether oxygens (including phenoxy) is 1. The Bertz CT molecular complexity index is 649. The first kappa shape index (κ1) is 14.0. The summed E-state index contributed by atoms with van der Waals surface area (Å²) in [5.41, 5.74) is -0.203. The van der Waals surface area contributed by atoms with Gasteiger partial charge in [-0.3, -0.25) is 10.1 Å². The molecule has 0 amide bonds. The van der Waals surface area contributed by atoms with E-state index in [1.54, 1.807) is 6.07 Å². The lowest BCUT2D eigenvalue weighted by Gasteiger charge is -2.08. The van der Waals surface area contributed by atoms with Crippen molar-refractivity contribution in [2.24, 2.45) is 0 Å². The Labute approximate surface area is 124 Å². The first-order chi connectivity index (χ1) is 8.97. The van der Waals surface area contributed by atoms with Gasteiger partial charge in [0, 0.05) is 16.6 Å². The largest absolute Gasteiger partial charge is 0.449 e. The van der Waals surface area contributed by atoms with Gasteiger partial charge in [-0.1, -0.05) is 15.9 Å². The van der Waals surface area contributed by atoms with Gasteiger partial charge in [0.2, 0.25) is 5.75 Å². The average Bonchev–Trinajstić information content (AvgIpc) is 2.35. The van der Waals surface area contributed by atoms with Crippen LogP contribution < -0.4 is 4.74 Å². The van der Waals surface area contributed by atoms with E-state index in [-0.39, 0.29) is 17.2 Å². The maximum atomic E-state index is 13.1. The molecule has 0 aliphatic carbocycles. The van der Waals surface area contributed by atoms with Gasteiger partial charge in [0.25, 0.3) is 0 Å². The van der Waals surface area contributed by atoms with Crippen LogP contribution >= 0.6 is 31.9 Å². The van der Waals surface area contributed by atoms with Crippen LogP contribution in [0.4, 0.5) is 10.1 Å². The summed E-state index contributed by atoms with van der Waals surface area (Å²) in [5, 5.41) is 10.9. The molecule has 19 heavy (non-hydrogen) atoms. The van der Waals surface area contributed by atoms with Crippen molar-refractivity contribution >= 4 is 37.5 Å². The first-order valence-corrected chi connectivity index (χ1v) is 6.63. The second kappa shape index (κ2) is 5.66. The number of rotatable bonds is 3. The third-order valence-corrected chi connectivity index (χ3v) is 3.38. The van der Waals surface area contributed by atoms with Crippen molar-refractivity contribution in [1.29, 1.82) is 0 Å². The molecule has 2 aromatic carbocycles. The van der Waals surface area contributed by atoms with E-state index in [1.807, 2.05) is 0 Å². The lowest BCUT2D eigenvalue weighted by Crippen LogP contribution is -1.94. The topological polar surface area (TPSA) is 52.4 Å². The third-order valence-electron chi connectivity index (χ3n) is 2.23. The number of nitrogens with zero attached hydrogens (tertiary/aromatic N) is 1. The van der Waals surface area contributed by atoms with Gasteiger partial charge < -0.3 is 4.74 Å². The highest BCUT2D eigenvalue weighted by Gasteiger charge is 2.17. The van der Waals surface area contributed by atoms with Gasteiger partial charge in [-0.05, 0) is 40.2 Å². The molecule has 7 heteroatoms. The number of hydrogen-bond acceptors (Lipinski definition) is 3. The zero-order chi connectivity index (χ0) is 14.0. The van der Waals surface area contributed by atoms with Crippen LogP contribution in [-0.2, 0) is 0 Å². The van der Waals surface area contributed by atoms with Gasteiger partial charge in [-0.2, -0.15) is 0 Å². The van der Waals surface area contributed by atoms with Crippen LogP contribution in [0.3, 0.4) is 0 Å². The lowest BCUT2D eigenvalue weighted by atomic mass is 10.3. The number of halogens is 3. The van der Waals surface area contributed by atoms with E-state index in [0.29, 0.717) is 8.95 Å². The van der Waals surface area contributed by atoms with E-state index in [9.17, 15) is 14.5 Å². The second-order valence-electron chi connectivity index (χ2n) is 3.55. The van der Waals surface area contributed by atoms with Crippen LogP contribution in [0.5, 0.6) is 11.5 Å². The molecule has 0 N–H and O–H groups in total. The molecule has 2 aromatic rings. The fourth-order valence-corrected chi connectivity index (χ4v) is 2.07. The molecule has 0 atom stereocenters. The summed E-state index contributed by atoms with van der Waals surface area (Å²) in [6.45, 7) is 0. The highest BCUT2D eigenvalue weighted by atomic mass is 79.9. The van der Waals surface area contributed by atoms with Gasteiger partial charge >= 0.3 is 5.69 Å². The zero-order valence-corrected chi connectivity index (χ0v) is 12.4. The Balaban J connectivity index is 2.43. The molecular weight excluding hydrogens is 385 g/mol. The van der Waals surface area contributed by atoms with Crippen molar-refractivity contribution in [3.05, 3.63) is 61.3 Å². The predicted molar refractivity (Wildman–Crippen MR) is 75.0 cm³/mol. The normalized spacial score (nSPS) is 10.3. The fraction of sp³-hybridized carbons (Fsp3) is 0. The third kappa shape index (κ3) is 3.30. The van der Waals surface area contributed by atoms with Crippen molar-refractivity contribution in [3.63, 3.8) is 0 Å². The van der Waals surface area contributed by atoms with E-state index in [4.69, 9.17) is 4.74 Å². The van der Waals surface area contributed by atoms with Crippen LogP contribution in [0.2, 0.25) is 0 Å². The Kier molecular flexibility index (Phi) is 4.16. The molecule has 0 aromatic heterocycles. The molecule has 0 saturated carbocycles. The van der Waals surface area contributed by atoms with E-state index >= 15 is 0 Å². The number of hydrogen-bond donors (Lipinski definition) is 0. The highest BCUT2D eigenvalue weighted by Crippen LogP contribution is 2.36. The summed E-state index contributed by atoms with van der Waals surface area (Å²) in [5.74, 6) is -0.275. The summed E-state index contributed by atoms with van der Waals surface area (Å²) in [6.07, 6.45) is 0. The minimum Gasteiger partial charge on any atom is -0.449 e. The Hall–Kier alpha value is -1.47. The van der Waals surface area contributed by atoms with Crippen LogP contribution in [0.15, 0.2) is 45.3 Å². The molecule has 0 fully saturated rings. The zero-order valence-electron chi connectivity index (χ0n) is 9.27. The summed E-state index contributed by atoms with van der Waals surface area (Å²) in [4.78, 5) is 10.4. The maximum Gasteiger partial charge on any atom is 0.312 e.